The first kappa shape index (κ1) is 14.5. The Morgan fingerprint density at radius 2 is 1.85 bits per heavy atom. The van der Waals surface area contributed by atoms with E-state index in [4.69, 9.17) is 10.00 Å². The van der Waals surface area contributed by atoms with Crippen LogP contribution in [-0.2, 0) is 6.61 Å². The third kappa shape index (κ3) is 3.17. The van der Waals surface area contributed by atoms with E-state index in [0.717, 1.165) is 11.1 Å². The van der Waals surface area contributed by atoms with Crippen LogP contribution in [0, 0.1) is 31.0 Å². The molecule has 0 aromatic heterocycles. The molecule has 2 aromatic rings. The summed E-state index contributed by atoms with van der Waals surface area (Å²) in [7, 11) is 0. The smallest absolute Gasteiger partial charge is 0.130 e. The Bertz CT molecular complexity index is 668. The van der Waals surface area contributed by atoms with Crippen molar-refractivity contribution >= 4 is 15.9 Å². The van der Waals surface area contributed by atoms with Gasteiger partial charge >= 0.3 is 0 Å². The van der Waals surface area contributed by atoms with Gasteiger partial charge in [0.2, 0.25) is 0 Å². The molecule has 2 aromatic carbocycles. The summed E-state index contributed by atoms with van der Waals surface area (Å²) >= 11 is 3.22. The number of hydrogen-bond acceptors (Lipinski definition) is 2. The number of halogens is 2. The SMILES string of the molecule is Cc1cc(C#N)cc(C)c1OCc1ccc(Br)cc1F. The number of aryl methyl sites for hydroxylation is 2. The van der Waals surface area contributed by atoms with Crippen molar-refractivity contribution in [3.8, 4) is 11.8 Å². The van der Waals surface area contributed by atoms with Crippen molar-refractivity contribution in [3.05, 3.63) is 62.9 Å². The lowest BCUT2D eigenvalue weighted by Crippen LogP contribution is -2.01. The molecule has 0 unspecified atom stereocenters. The minimum atomic E-state index is -0.302. The van der Waals surface area contributed by atoms with Crippen LogP contribution in [0.25, 0.3) is 0 Å². The molecule has 0 fully saturated rings. The molecule has 0 saturated heterocycles. The quantitative estimate of drug-likeness (QED) is 0.818. The van der Waals surface area contributed by atoms with Gasteiger partial charge in [0.25, 0.3) is 0 Å². The Kier molecular flexibility index (Phi) is 4.41. The third-order valence-electron chi connectivity index (χ3n) is 2.98. The van der Waals surface area contributed by atoms with Gasteiger partial charge in [-0.3, -0.25) is 0 Å². The van der Waals surface area contributed by atoms with Crippen LogP contribution in [0.15, 0.2) is 34.8 Å². The molecule has 2 nitrogen and oxygen atoms in total. The standard InChI is InChI=1S/C16H13BrFNO/c1-10-5-12(8-19)6-11(2)16(10)20-9-13-3-4-14(17)7-15(13)18/h3-7H,9H2,1-2H3. The molecule has 0 atom stereocenters. The van der Waals surface area contributed by atoms with Crippen LogP contribution in [0.4, 0.5) is 4.39 Å². The average Bonchev–Trinajstić information content (AvgIpc) is 2.39. The zero-order valence-electron chi connectivity index (χ0n) is 11.2. The number of nitrogens with zero attached hydrogens (tertiary/aromatic N) is 1. The van der Waals surface area contributed by atoms with Gasteiger partial charge in [0, 0.05) is 10.0 Å². The molecule has 0 aliphatic carbocycles. The summed E-state index contributed by atoms with van der Waals surface area (Å²) in [6, 6.07) is 10.5. The molecule has 0 aliphatic heterocycles. The Morgan fingerprint density at radius 3 is 2.40 bits per heavy atom. The monoisotopic (exact) mass is 333 g/mol. The molecule has 2 rings (SSSR count). The topological polar surface area (TPSA) is 33.0 Å². The second kappa shape index (κ2) is 6.06. The van der Waals surface area contributed by atoms with Crippen LogP contribution in [0.2, 0.25) is 0 Å². The van der Waals surface area contributed by atoms with Gasteiger partial charge in [0.05, 0.1) is 11.6 Å². The van der Waals surface area contributed by atoms with E-state index < -0.39 is 0 Å². The molecule has 102 valence electrons. The summed E-state index contributed by atoms with van der Waals surface area (Å²) < 4.78 is 20.1. The molecule has 20 heavy (non-hydrogen) atoms. The number of rotatable bonds is 3. The first-order valence-electron chi connectivity index (χ1n) is 6.09. The summed E-state index contributed by atoms with van der Waals surface area (Å²) in [5, 5.41) is 8.90. The molecule has 0 radical (unpaired) electrons. The summed E-state index contributed by atoms with van der Waals surface area (Å²) in [5.74, 6) is 0.398. The van der Waals surface area contributed by atoms with E-state index in [1.807, 2.05) is 13.8 Å². The summed E-state index contributed by atoms with van der Waals surface area (Å²) in [4.78, 5) is 0. The molecule has 0 aliphatic rings. The average molecular weight is 334 g/mol. The second-order valence-corrected chi connectivity index (χ2v) is 5.49. The highest BCUT2D eigenvalue weighted by Crippen LogP contribution is 2.26. The summed E-state index contributed by atoms with van der Waals surface area (Å²) in [5.41, 5.74) is 2.84. The fraction of sp³-hybridized carbons (Fsp3) is 0.188. The van der Waals surface area contributed by atoms with Gasteiger partial charge in [-0.25, -0.2) is 4.39 Å². The lowest BCUT2D eigenvalue weighted by atomic mass is 10.1. The van der Waals surface area contributed by atoms with Crippen molar-refractivity contribution in [2.75, 3.05) is 0 Å². The van der Waals surface area contributed by atoms with E-state index in [-0.39, 0.29) is 12.4 Å². The fourth-order valence-corrected chi connectivity index (χ4v) is 2.36. The van der Waals surface area contributed by atoms with Gasteiger partial charge in [-0.05, 0) is 49.2 Å². The molecule has 0 heterocycles. The molecular weight excluding hydrogens is 321 g/mol. The van der Waals surface area contributed by atoms with Gasteiger partial charge in [0.1, 0.15) is 18.2 Å². The van der Waals surface area contributed by atoms with E-state index in [1.54, 1.807) is 24.3 Å². The van der Waals surface area contributed by atoms with Crippen molar-refractivity contribution < 1.29 is 9.13 Å². The summed E-state index contributed by atoms with van der Waals surface area (Å²) in [6.07, 6.45) is 0. The highest BCUT2D eigenvalue weighted by Gasteiger charge is 2.09. The minimum Gasteiger partial charge on any atom is -0.488 e. The normalized spacial score (nSPS) is 10.2. The number of ether oxygens (including phenoxy) is 1. The van der Waals surface area contributed by atoms with Crippen LogP contribution < -0.4 is 4.74 Å². The Balaban J connectivity index is 2.21. The van der Waals surface area contributed by atoms with Gasteiger partial charge in [-0.15, -0.1) is 0 Å². The third-order valence-corrected chi connectivity index (χ3v) is 3.47. The highest BCUT2D eigenvalue weighted by molar-refractivity contribution is 9.10. The first-order valence-corrected chi connectivity index (χ1v) is 6.88. The van der Waals surface area contributed by atoms with E-state index in [0.29, 0.717) is 21.3 Å². The largest absolute Gasteiger partial charge is 0.488 e. The molecule has 0 spiro atoms. The fourth-order valence-electron chi connectivity index (χ4n) is 2.03. The van der Waals surface area contributed by atoms with Crippen molar-refractivity contribution in [2.24, 2.45) is 0 Å². The van der Waals surface area contributed by atoms with Crippen molar-refractivity contribution in [3.63, 3.8) is 0 Å². The maximum Gasteiger partial charge on any atom is 0.130 e. The zero-order valence-corrected chi connectivity index (χ0v) is 12.8. The van der Waals surface area contributed by atoms with Gasteiger partial charge < -0.3 is 4.74 Å². The van der Waals surface area contributed by atoms with Crippen LogP contribution in [-0.4, -0.2) is 0 Å². The number of nitriles is 1. The van der Waals surface area contributed by atoms with E-state index >= 15 is 0 Å². The van der Waals surface area contributed by atoms with Gasteiger partial charge in [-0.1, -0.05) is 22.0 Å². The van der Waals surface area contributed by atoms with Crippen LogP contribution in [0.1, 0.15) is 22.3 Å². The predicted molar refractivity (Wildman–Crippen MR) is 79.1 cm³/mol. The number of hydrogen-bond donors (Lipinski definition) is 0. The maximum atomic E-state index is 13.7. The molecule has 0 N–H and O–H groups in total. The molecule has 0 bridgehead atoms. The number of benzene rings is 2. The van der Waals surface area contributed by atoms with E-state index in [2.05, 4.69) is 22.0 Å². The van der Waals surface area contributed by atoms with E-state index in [1.165, 1.54) is 6.07 Å². The van der Waals surface area contributed by atoms with Gasteiger partial charge in [0.15, 0.2) is 0 Å². The van der Waals surface area contributed by atoms with Crippen molar-refractivity contribution in [1.82, 2.24) is 0 Å². The Morgan fingerprint density at radius 1 is 1.20 bits per heavy atom. The lowest BCUT2D eigenvalue weighted by molar-refractivity contribution is 0.295. The maximum absolute atomic E-state index is 13.7. The van der Waals surface area contributed by atoms with E-state index in [9.17, 15) is 4.39 Å². The molecule has 0 amide bonds. The Hall–Kier alpha value is -1.86. The Labute approximate surface area is 125 Å². The van der Waals surface area contributed by atoms with Crippen LogP contribution >= 0.6 is 15.9 Å². The molecule has 4 heteroatoms. The molecule has 0 saturated carbocycles. The molecular formula is C16H13BrFNO. The zero-order chi connectivity index (χ0) is 14.7. The highest BCUT2D eigenvalue weighted by atomic mass is 79.9. The second-order valence-electron chi connectivity index (χ2n) is 4.58. The summed E-state index contributed by atoms with van der Waals surface area (Å²) in [6.45, 7) is 3.91. The minimum absolute atomic E-state index is 0.159. The van der Waals surface area contributed by atoms with Gasteiger partial charge in [-0.2, -0.15) is 5.26 Å². The first-order chi connectivity index (χ1) is 9.51. The van der Waals surface area contributed by atoms with Crippen LogP contribution in [0.3, 0.4) is 0 Å². The van der Waals surface area contributed by atoms with Crippen molar-refractivity contribution in [2.45, 2.75) is 20.5 Å². The van der Waals surface area contributed by atoms with Crippen molar-refractivity contribution in [1.29, 1.82) is 5.26 Å². The lowest BCUT2D eigenvalue weighted by Gasteiger charge is -2.13. The van der Waals surface area contributed by atoms with Crippen LogP contribution in [0.5, 0.6) is 5.75 Å². The predicted octanol–water partition coefficient (Wildman–Crippen LogP) is 4.66.